The highest BCUT2D eigenvalue weighted by atomic mass is 32.1. The van der Waals surface area contributed by atoms with Crippen molar-refractivity contribution >= 4 is 22.2 Å². The number of rotatable bonds is 7. The van der Waals surface area contributed by atoms with Gasteiger partial charge in [0.05, 0.1) is 5.56 Å². The van der Waals surface area contributed by atoms with Crippen molar-refractivity contribution in [2.24, 2.45) is 11.8 Å². The Kier molecular flexibility index (Phi) is 5.10. The quantitative estimate of drug-likeness (QED) is 0.757. The normalized spacial score (nSPS) is 18.2. The third-order valence-corrected chi connectivity index (χ3v) is 6.34. The van der Waals surface area contributed by atoms with Gasteiger partial charge in [0.2, 0.25) is 0 Å². The smallest absolute Gasteiger partial charge is 0.254 e. The topological polar surface area (TPSA) is 41.1 Å². The van der Waals surface area contributed by atoms with Crippen molar-refractivity contribution in [2.75, 3.05) is 11.9 Å². The zero-order valence-corrected chi connectivity index (χ0v) is 15.2. The predicted octanol–water partition coefficient (Wildman–Crippen LogP) is 4.74. The maximum atomic E-state index is 12.8. The summed E-state index contributed by atoms with van der Waals surface area (Å²) in [6.07, 6.45) is 8.16. The number of allylic oxidation sites excluding steroid dienone is 1. The van der Waals surface area contributed by atoms with E-state index in [4.69, 9.17) is 0 Å². The van der Waals surface area contributed by atoms with Gasteiger partial charge in [-0.15, -0.1) is 11.3 Å². The predicted molar refractivity (Wildman–Crippen MR) is 98.2 cm³/mol. The molecule has 0 radical (unpaired) electrons. The molecule has 3 nitrogen and oxygen atoms in total. The maximum absolute atomic E-state index is 12.8. The Morgan fingerprint density at radius 3 is 2.78 bits per heavy atom. The molecule has 1 heterocycles. The van der Waals surface area contributed by atoms with Crippen molar-refractivity contribution in [3.8, 4) is 0 Å². The van der Waals surface area contributed by atoms with Crippen LogP contribution in [0.15, 0.2) is 12.3 Å². The Morgan fingerprint density at radius 2 is 2.09 bits per heavy atom. The number of carbonyl (C=O) groups is 1. The molecule has 1 aromatic heterocycles. The molecule has 1 aromatic rings. The fourth-order valence-electron chi connectivity index (χ4n) is 3.06. The molecule has 1 fully saturated rings. The first-order chi connectivity index (χ1) is 11.1. The van der Waals surface area contributed by atoms with Crippen molar-refractivity contribution in [1.29, 1.82) is 0 Å². The molecule has 1 atom stereocenters. The van der Waals surface area contributed by atoms with Crippen LogP contribution in [0, 0.1) is 11.8 Å². The van der Waals surface area contributed by atoms with Crippen molar-refractivity contribution in [1.82, 2.24) is 5.32 Å². The highest BCUT2D eigenvalue weighted by Crippen LogP contribution is 2.39. The van der Waals surface area contributed by atoms with E-state index < -0.39 is 0 Å². The van der Waals surface area contributed by atoms with E-state index in [1.54, 1.807) is 11.3 Å². The number of fused-ring (bicyclic) bond motifs is 1. The molecular formula is C19H28N2OS. The lowest BCUT2D eigenvalue weighted by Crippen LogP contribution is -2.27. The first kappa shape index (κ1) is 16.6. The van der Waals surface area contributed by atoms with E-state index in [2.05, 4.69) is 31.1 Å². The van der Waals surface area contributed by atoms with Crippen LogP contribution in [0.1, 0.15) is 66.8 Å². The van der Waals surface area contributed by atoms with Gasteiger partial charge < -0.3 is 10.6 Å². The van der Waals surface area contributed by atoms with Crippen LogP contribution in [0.3, 0.4) is 0 Å². The minimum Gasteiger partial charge on any atom is -0.352 e. The monoisotopic (exact) mass is 332 g/mol. The van der Waals surface area contributed by atoms with Crippen LogP contribution < -0.4 is 10.6 Å². The Bertz CT molecular complexity index is 601. The van der Waals surface area contributed by atoms with Crippen LogP contribution in [0.5, 0.6) is 0 Å². The molecule has 4 heteroatoms. The van der Waals surface area contributed by atoms with Crippen LogP contribution in [0.4, 0.5) is 5.00 Å². The Balaban J connectivity index is 1.82. The maximum Gasteiger partial charge on any atom is 0.254 e. The highest BCUT2D eigenvalue weighted by molar-refractivity contribution is 7.16. The summed E-state index contributed by atoms with van der Waals surface area (Å²) in [4.78, 5) is 14.2. The summed E-state index contributed by atoms with van der Waals surface area (Å²) in [6.45, 7) is 9.35. The van der Waals surface area contributed by atoms with E-state index >= 15 is 0 Å². The standard InChI is InChI=1S/C19H28N2OS/c1-4-12(2)13(3)21-19-17(18(22)20-11-14-9-10-14)15-7-5-6-8-16(15)23-19/h12,14,21H,3-11H2,1-2H3,(H,20,22). The molecule has 0 saturated heterocycles. The molecule has 3 rings (SSSR count). The van der Waals surface area contributed by atoms with Crippen LogP contribution in [0.2, 0.25) is 0 Å². The van der Waals surface area contributed by atoms with E-state index in [0.29, 0.717) is 11.8 Å². The molecule has 1 unspecified atom stereocenters. The number of hydrogen-bond acceptors (Lipinski definition) is 3. The van der Waals surface area contributed by atoms with Gasteiger partial charge in [0.1, 0.15) is 5.00 Å². The fraction of sp³-hybridized carbons (Fsp3) is 0.632. The molecule has 0 aromatic carbocycles. The minimum atomic E-state index is 0.107. The second kappa shape index (κ2) is 7.08. The number of aryl methyl sites for hydroxylation is 1. The van der Waals surface area contributed by atoms with Crippen molar-refractivity contribution in [2.45, 2.75) is 58.8 Å². The second-order valence-corrected chi connectivity index (χ2v) is 8.13. The number of hydrogen-bond donors (Lipinski definition) is 2. The minimum absolute atomic E-state index is 0.107. The summed E-state index contributed by atoms with van der Waals surface area (Å²) in [5, 5.41) is 7.63. The van der Waals surface area contributed by atoms with E-state index in [1.807, 2.05) is 0 Å². The number of nitrogens with one attached hydrogen (secondary N) is 2. The molecule has 0 aliphatic heterocycles. The van der Waals surface area contributed by atoms with E-state index in [0.717, 1.165) is 42.1 Å². The third kappa shape index (κ3) is 3.79. The first-order valence-electron chi connectivity index (χ1n) is 8.98. The number of amides is 1. The van der Waals surface area contributed by atoms with Crippen molar-refractivity contribution in [3.05, 3.63) is 28.3 Å². The van der Waals surface area contributed by atoms with Gasteiger partial charge in [-0.25, -0.2) is 0 Å². The zero-order valence-electron chi connectivity index (χ0n) is 14.3. The first-order valence-corrected chi connectivity index (χ1v) is 9.80. The van der Waals surface area contributed by atoms with Gasteiger partial charge in [0.15, 0.2) is 0 Å². The summed E-state index contributed by atoms with van der Waals surface area (Å²) in [5.41, 5.74) is 3.20. The van der Waals surface area contributed by atoms with Gasteiger partial charge in [0.25, 0.3) is 5.91 Å². The van der Waals surface area contributed by atoms with Crippen LogP contribution in [0.25, 0.3) is 0 Å². The molecule has 2 N–H and O–H groups in total. The summed E-state index contributed by atoms with van der Waals surface area (Å²) < 4.78 is 0. The molecule has 2 aliphatic carbocycles. The summed E-state index contributed by atoms with van der Waals surface area (Å²) in [6, 6.07) is 0. The molecule has 1 amide bonds. The van der Waals surface area contributed by atoms with Gasteiger partial charge in [0, 0.05) is 17.1 Å². The Morgan fingerprint density at radius 1 is 1.35 bits per heavy atom. The van der Waals surface area contributed by atoms with Gasteiger partial charge >= 0.3 is 0 Å². The highest BCUT2D eigenvalue weighted by Gasteiger charge is 2.28. The molecule has 126 valence electrons. The van der Waals surface area contributed by atoms with Gasteiger partial charge in [-0.05, 0) is 62.3 Å². The van der Waals surface area contributed by atoms with Gasteiger partial charge in [-0.3, -0.25) is 4.79 Å². The van der Waals surface area contributed by atoms with E-state index in [-0.39, 0.29) is 5.91 Å². The van der Waals surface area contributed by atoms with E-state index in [1.165, 1.54) is 36.1 Å². The largest absolute Gasteiger partial charge is 0.352 e. The van der Waals surface area contributed by atoms with Crippen LogP contribution in [-0.4, -0.2) is 12.5 Å². The van der Waals surface area contributed by atoms with Gasteiger partial charge in [-0.1, -0.05) is 20.4 Å². The number of carbonyl (C=O) groups excluding carboxylic acids is 1. The zero-order chi connectivity index (χ0) is 16.4. The summed E-state index contributed by atoms with van der Waals surface area (Å²) >= 11 is 1.76. The average molecular weight is 333 g/mol. The summed E-state index contributed by atoms with van der Waals surface area (Å²) in [5.74, 6) is 1.23. The summed E-state index contributed by atoms with van der Waals surface area (Å²) in [7, 11) is 0. The van der Waals surface area contributed by atoms with Crippen molar-refractivity contribution in [3.63, 3.8) is 0 Å². The lowest BCUT2D eigenvalue weighted by molar-refractivity contribution is 0.0952. The van der Waals surface area contributed by atoms with Crippen molar-refractivity contribution < 1.29 is 4.79 Å². The van der Waals surface area contributed by atoms with E-state index in [9.17, 15) is 4.79 Å². The molecule has 0 spiro atoms. The second-order valence-electron chi connectivity index (χ2n) is 7.03. The lowest BCUT2D eigenvalue weighted by atomic mass is 9.95. The molecule has 2 aliphatic rings. The number of anilines is 1. The lowest BCUT2D eigenvalue weighted by Gasteiger charge is -2.16. The Hall–Kier alpha value is -1.29. The fourth-order valence-corrected chi connectivity index (χ4v) is 4.38. The molecule has 0 bridgehead atoms. The Labute approximate surface area is 143 Å². The molecule has 1 saturated carbocycles. The van der Waals surface area contributed by atoms with Crippen LogP contribution >= 0.6 is 11.3 Å². The van der Waals surface area contributed by atoms with Crippen LogP contribution in [-0.2, 0) is 12.8 Å². The number of thiophene rings is 1. The molecular weight excluding hydrogens is 304 g/mol. The van der Waals surface area contributed by atoms with Gasteiger partial charge in [-0.2, -0.15) is 0 Å². The SMILES string of the molecule is C=C(Nc1sc2c(c1C(=O)NCC1CC1)CCCC2)C(C)CC. The third-order valence-electron chi connectivity index (χ3n) is 5.13. The molecule has 23 heavy (non-hydrogen) atoms. The average Bonchev–Trinajstić information content (AvgIpc) is 3.31.